The molecule has 2 aromatic rings. The number of amides is 2. The largest absolute Gasteiger partial charge is 0.352 e. The molecule has 0 radical (unpaired) electrons. The van der Waals surface area contributed by atoms with Crippen molar-refractivity contribution in [2.24, 2.45) is 0 Å². The van der Waals surface area contributed by atoms with Crippen molar-refractivity contribution in [2.45, 2.75) is 64.1 Å². The Balaban J connectivity index is 2.35. The van der Waals surface area contributed by atoms with Crippen LogP contribution in [-0.4, -0.2) is 55.1 Å². The van der Waals surface area contributed by atoms with Gasteiger partial charge in [0.15, 0.2) is 0 Å². The Labute approximate surface area is 218 Å². The smallest absolute Gasteiger partial charge is 0.243 e. The van der Waals surface area contributed by atoms with E-state index in [1.54, 1.807) is 30.3 Å². The van der Waals surface area contributed by atoms with Gasteiger partial charge in [-0.3, -0.25) is 9.59 Å². The molecule has 10 heteroatoms. The second-order valence-corrected chi connectivity index (χ2v) is 11.4. The molecule has 0 bridgehead atoms. The lowest BCUT2D eigenvalue weighted by molar-refractivity contribution is -0.141. The number of benzene rings is 2. The second-order valence-electron chi connectivity index (χ2n) is 8.59. The summed E-state index contributed by atoms with van der Waals surface area (Å²) in [6, 6.07) is 10.5. The quantitative estimate of drug-likeness (QED) is 0.448. The van der Waals surface area contributed by atoms with Gasteiger partial charge in [0.25, 0.3) is 0 Å². The maximum Gasteiger partial charge on any atom is 0.243 e. The van der Waals surface area contributed by atoms with Crippen molar-refractivity contribution in [3.63, 3.8) is 0 Å². The van der Waals surface area contributed by atoms with Crippen molar-refractivity contribution in [1.29, 1.82) is 0 Å². The number of sulfonamides is 1. The number of nitrogens with zero attached hydrogens (tertiary/aromatic N) is 2. The second kappa shape index (κ2) is 12.7. The lowest BCUT2D eigenvalue weighted by Gasteiger charge is -2.32. The first kappa shape index (κ1) is 29.1. The van der Waals surface area contributed by atoms with Gasteiger partial charge < -0.3 is 10.2 Å². The van der Waals surface area contributed by atoms with Gasteiger partial charge in [-0.25, -0.2) is 8.42 Å². The third-order valence-electron chi connectivity index (χ3n) is 5.81. The van der Waals surface area contributed by atoms with Crippen molar-refractivity contribution in [3.8, 4) is 0 Å². The molecule has 2 aromatic carbocycles. The molecule has 192 valence electrons. The van der Waals surface area contributed by atoms with Gasteiger partial charge in [0.1, 0.15) is 6.04 Å². The number of likely N-dealkylation sites (N-methyl/N-ethyl adjacent to an activating group) is 1. The predicted molar refractivity (Wildman–Crippen MR) is 140 cm³/mol. The molecule has 0 saturated heterocycles. The van der Waals surface area contributed by atoms with Crippen molar-refractivity contribution in [1.82, 2.24) is 14.5 Å². The molecule has 0 spiro atoms. The summed E-state index contributed by atoms with van der Waals surface area (Å²) in [6.07, 6.45) is 1.09. The highest BCUT2D eigenvalue weighted by Crippen LogP contribution is 2.24. The van der Waals surface area contributed by atoms with Crippen molar-refractivity contribution in [3.05, 3.63) is 63.6 Å². The monoisotopic (exact) mass is 541 g/mol. The minimum absolute atomic E-state index is 0.0666. The summed E-state index contributed by atoms with van der Waals surface area (Å²) in [7, 11) is -2.55. The van der Waals surface area contributed by atoms with Crippen LogP contribution in [0, 0.1) is 6.92 Å². The molecule has 35 heavy (non-hydrogen) atoms. The summed E-state index contributed by atoms with van der Waals surface area (Å²) in [5, 5.41) is 3.63. The van der Waals surface area contributed by atoms with E-state index in [9.17, 15) is 18.0 Å². The van der Waals surface area contributed by atoms with Crippen LogP contribution >= 0.6 is 23.2 Å². The van der Waals surface area contributed by atoms with Crippen molar-refractivity contribution in [2.75, 3.05) is 13.6 Å². The highest BCUT2D eigenvalue weighted by Gasteiger charge is 2.32. The summed E-state index contributed by atoms with van der Waals surface area (Å²) in [4.78, 5) is 28.0. The molecule has 0 aliphatic heterocycles. The maximum atomic E-state index is 13.5. The zero-order chi connectivity index (χ0) is 26.3. The van der Waals surface area contributed by atoms with Crippen LogP contribution in [0.25, 0.3) is 0 Å². The molecule has 0 saturated carbocycles. The number of rotatable bonds is 11. The highest BCUT2D eigenvalue weighted by atomic mass is 35.5. The fraction of sp³-hybridized carbons (Fsp3) is 0.440. The normalized spacial score (nSPS) is 13.4. The van der Waals surface area contributed by atoms with E-state index in [0.717, 1.165) is 16.3 Å². The zero-order valence-electron chi connectivity index (χ0n) is 20.7. The number of halogens is 2. The van der Waals surface area contributed by atoms with Gasteiger partial charge in [-0.1, -0.05) is 60.8 Å². The van der Waals surface area contributed by atoms with E-state index in [2.05, 4.69) is 5.32 Å². The third-order valence-corrected chi connectivity index (χ3v) is 8.37. The fourth-order valence-electron chi connectivity index (χ4n) is 3.45. The highest BCUT2D eigenvalue weighted by molar-refractivity contribution is 7.89. The minimum Gasteiger partial charge on any atom is -0.352 e. The van der Waals surface area contributed by atoms with Crippen molar-refractivity contribution >= 4 is 45.0 Å². The molecular formula is C25H33Cl2N3O4S. The first-order chi connectivity index (χ1) is 16.4. The Hall–Kier alpha value is -2.13. The van der Waals surface area contributed by atoms with Gasteiger partial charge in [0.2, 0.25) is 21.8 Å². The van der Waals surface area contributed by atoms with E-state index < -0.39 is 28.5 Å². The summed E-state index contributed by atoms with van der Waals surface area (Å²) in [6.45, 7) is 7.15. The number of hydrogen-bond donors (Lipinski definition) is 1. The molecule has 1 N–H and O–H groups in total. The van der Waals surface area contributed by atoms with Crippen LogP contribution in [0.2, 0.25) is 10.0 Å². The van der Waals surface area contributed by atoms with Crippen LogP contribution in [0.15, 0.2) is 47.4 Å². The molecule has 2 rings (SSSR count). The number of nitrogens with one attached hydrogen (secondary N) is 1. The maximum absolute atomic E-state index is 13.5. The summed E-state index contributed by atoms with van der Waals surface area (Å²) >= 11 is 12.2. The topological polar surface area (TPSA) is 86.8 Å². The van der Waals surface area contributed by atoms with Crippen LogP contribution in [0.1, 0.15) is 44.7 Å². The lowest BCUT2D eigenvalue weighted by atomic mass is 10.1. The number of hydrogen-bond acceptors (Lipinski definition) is 4. The van der Waals surface area contributed by atoms with E-state index in [1.807, 2.05) is 27.7 Å². The SMILES string of the molecule is CCC(C)NC(=O)C(CC)N(Cc1ccc(Cl)c(Cl)c1)C(=O)CN(C)S(=O)(=O)c1ccc(C)cc1. The van der Waals surface area contributed by atoms with Gasteiger partial charge in [-0.2, -0.15) is 4.31 Å². The summed E-state index contributed by atoms with van der Waals surface area (Å²) in [5.41, 5.74) is 1.60. The Kier molecular flexibility index (Phi) is 10.6. The molecule has 0 aliphatic carbocycles. The molecule has 0 aromatic heterocycles. The zero-order valence-corrected chi connectivity index (χ0v) is 23.0. The Morgan fingerprint density at radius 3 is 2.17 bits per heavy atom. The summed E-state index contributed by atoms with van der Waals surface area (Å²) in [5.74, 6) is -0.792. The number of carbonyl (C=O) groups is 2. The van der Waals surface area contributed by atoms with E-state index in [4.69, 9.17) is 23.2 Å². The summed E-state index contributed by atoms with van der Waals surface area (Å²) < 4.78 is 27.1. The van der Waals surface area contributed by atoms with E-state index in [0.29, 0.717) is 22.0 Å². The van der Waals surface area contributed by atoms with Crippen LogP contribution in [0.3, 0.4) is 0 Å². The van der Waals surface area contributed by atoms with E-state index in [-0.39, 0.29) is 23.4 Å². The molecule has 7 nitrogen and oxygen atoms in total. The lowest BCUT2D eigenvalue weighted by Crippen LogP contribution is -2.53. The van der Waals surface area contributed by atoms with Crippen LogP contribution in [-0.2, 0) is 26.2 Å². The fourth-order valence-corrected chi connectivity index (χ4v) is 4.89. The van der Waals surface area contributed by atoms with Crippen LogP contribution < -0.4 is 5.32 Å². The molecule has 0 heterocycles. The third kappa shape index (κ3) is 7.67. The van der Waals surface area contributed by atoms with Gasteiger partial charge in [-0.05, 0) is 56.5 Å². The van der Waals surface area contributed by atoms with Gasteiger partial charge in [-0.15, -0.1) is 0 Å². The first-order valence-electron chi connectivity index (χ1n) is 11.5. The number of carbonyl (C=O) groups excluding carboxylic acids is 2. The molecule has 2 unspecified atom stereocenters. The van der Waals surface area contributed by atoms with Gasteiger partial charge >= 0.3 is 0 Å². The first-order valence-corrected chi connectivity index (χ1v) is 13.7. The Morgan fingerprint density at radius 2 is 1.63 bits per heavy atom. The predicted octanol–water partition coefficient (Wildman–Crippen LogP) is 4.64. The Morgan fingerprint density at radius 1 is 1.00 bits per heavy atom. The molecule has 0 fully saturated rings. The molecule has 2 atom stereocenters. The Bertz CT molecular complexity index is 1140. The molecule has 0 aliphatic rings. The van der Waals surface area contributed by atoms with Crippen LogP contribution in [0.5, 0.6) is 0 Å². The average molecular weight is 543 g/mol. The average Bonchev–Trinajstić information content (AvgIpc) is 2.81. The van der Waals surface area contributed by atoms with E-state index >= 15 is 0 Å². The standard InChI is InChI=1S/C25H33Cl2N3O4S/c1-6-18(4)28-25(32)23(7-2)30(15-19-10-13-21(26)22(27)14-19)24(31)16-29(5)35(33,34)20-11-8-17(3)9-12-20/h8-14,18,23H,6-7,15-16H2,1-5H3,(H,28,32). The van der Waals surface area contributed by atoms with Crippen molar-refractivity contribution < 1.29 is 18.0 Å². The van der Waals surface area contributed by atoms with Gasteiger partial charge in [0, 0.05) is 19.6 Å². The molecule has 2 amide bonds. The molecular weight excluding hydrogens is 509 g/mol. The minimum atomic E-state index is -3.90. The number of aryl methyl sites for hydroxylation is 1. The van der Waals surface area contributed by atoms with Gasteiger partial charge in [0.05, 0.1) is 21.5 Å². The van der Waals surface area contributed by atoms with E-state index in [1.165, 1.54) is 24.1 Å². The van der Waals surface area contributed by atoms with Crippen LogP contribution in [0.4, 0.5) is 0 Å².